The third-order valence-electron chi connectivity index (χ3n) is 2.76. The molecule has 0 heterocycles. The second kappa shape index (κ2) is 9.37. The van der Waals surface area contributed by atoms with Crippen LogP contribution in [0, 0.1) is 0 Å². The fourth-order valence-corrected chi connectivity index (χ4v) is 8.53. The van der Waals surface area contributed by atoms with Gasteiger partial charge in [-0.25, -0.2) is 0 Å². The summed E-state index contributed by atoms with van der Waals surface area (Å²) in [5, 5.41) is 9.14. The zero-order chi connectivity index (χ0) is 14.8. The van der Waals surface area contributed by atoms with Crippen LogP contribution in [0.4, 0.5) is 0 Å². The number of aliphatic carboxylic acids is 1. The van der Waals surface area contributed by atoms with E-state index < -0.39 is 25.7 Å². The topological polar surface area (TPSA) is 40.1 Å². The van der Waals surface area contributed by atoms with Gasteiger partial charge in [-0.1, -0.05) is 6.58 Å². The average Bonchev–Trinajstić information content (AvgIpc) is 2.51. The van der Waals surface area contributed by atoms with Crippen LogP contribution >= 0.6 is 0 Å². The van der Waals surface area contributed by atoms with E-state index >= 15 is 0 Å². The number of rotatable bonds is 4. The molecule has 0 N–H and O–H groups in total. The molecular formula is C17H18O2Sn. The minimum atomic E-state index is -1.54. The van der Waals surface area contributed by atoms with Crippen LogP contribution in [0.5, 0.6) is 0 Å². The Bertz CT molecular complexity index is 484. The van der Waals surface area contributed by atoms with Crippen molar-refractivity contribution in [1.82, 2.24) is 0 Å². The summed E-state index contributed by atoms with van der Waals surface area (Å²) in [6.07, 6.45) is 0.722. The van der Waals surface area contributed by atoms with Gasteiger partial charge in [0.1, 0.15) is 0 Å². The second-order valence-electron chi connectivity index (χ2n) is 4.09. The molecule has 0 aromatic heterocycles. The first-order chi connectivity index (χ1) is 9.69. The van der Waals surface area contributed by atoms with E-state index in [0.717, 1.165) is 6.08 Å². The van der Waals surface area contributed by atoms with E-state index in [4.69, 9.17) is 9.90 Å². The molecule has 0 aliphatic carbocycles. The predicted octanol–water partition coefficient (Wildman–Crippen LogP) is 1.24. The van der Waals surface area contributed by atoms with Crippen molar-refractivity contribution in [3.63, 3.8) is 0 Å². The Morgan fingerprint density at radius 2 is 1.40 bits per heavy atom. The summed E-state index contributed by atoms with van der Waals surface area (Å²) >= 11 is -1.54. The molecular weight excluding hydrogens is 355 g/mol. The zero-order valence-corrected chi connectivity index (χ0v) is 14.4. The Kier molecular flexibility index (Phi) is 7.73. The molecule has 2 rings (SSSR count). The van der Waals surface area contributed by atoms with Crippen molar-refractivity contribution < 1.29 is 9.90 Å². The predicted molar refractivity (Wildman–Crippen MR) is 83.6 cm³/mol. The Labute approximate surface area is 127 Å². The molecule has 0 spiro atoms. The summed E-state index contributed by atoms with van der Waals surface area (Å²) in [6.45, 7) is 5.23. The number of carboxylic acid groups (broad SMARTS) is 1. The van der Waals surface area contributed by atoms with Gasteiger partial charge in [0.15, 0.2) is 0 Å². The monoisotopic (exact) mass is 374 g/mol. The third-order valence-corrected chi connectivity index (χ3v) is 10.7. The second-order valence-corrected chi connectivity index (χ2v) is 12.1. The van der Waals surface area contributed by atoms with Crippen molar-refractivity contribution >= 4 is 32.9 Å². The molecule has 0 radical (unpaired) electrons. The number of carboxylic acids is 1. The molecule has 20 heavy (non-hydrogen) atoms. The molecule has 3 heteroatoms. The molecule has 0 fully saturated rings. The van der Waals surface area contributed by atoms with Crippen LogP contribution < -0.4 is 12.3 Å². The molecule has 0 bridgehead atoms. The van der Waals surface area contributed by atoms with E-state index in [1.807, 2.05) is 0 Å². The van der Waals surface area contributed by atoms with Gasteiger partial charge in [-0.05, 0) is 6.08 Å². The van der Waals surface area contributed by atoms with Crippen LogP contribution in [0.25, 0.3) is 0 Å². The van der Waals surface area contributed by atoms with Crippen LogP contribution in [0.2, 0.25) is 4.44 Å². The average molecular weight is 373 g/mol. The standard InChI is InChI=1S/2C6H5.C3H4O2.C2H5.Sn/c2*1-2-4-6-5-3-1;1-2-3(4)5;1-2;/h2*1-5H;2H,1H2,(H,4,5);1H2,2H3;/q;;;;+1/p-1. The fraction of sp³-hybridized carbons (Fsp3) is 0.118. The molecule has 0 aliphatic rings. The van der Waals surface area contributed by atoms with Gasteiger partial charge in [0.2, 0.25) is 0 Å². The van der Waals surface area contributed by atoms with Gasteiger partial charge in [-0.2, -0.15) is 0 Å². The van der Waals surface area contributed by atoms with Gasteiger partial charge in [-0.3, -0.25) is 0 Å². The summed E-state index contributed by atoms with van der Waals surface area (Å²) in [4.78, 5) is 9.14. The SMILES string of the molecule is C=CC(=O)[O-].C[CH2][Sn+]([c]1ccccc1)[c]1ccccc1. The Hall–Kier alpha value is -1.55. The molecule has 2 aromatic rings. The molecule has 0 atom stereocenters. The van der Waals surface area contributed by atoms with E-state index in [1.54, 1.807) is 7.16 Å². The molecule has 0 aliphatic heterocycles. The van der Waals surface area contributed by atoms with Crippen LogP contribution in [0.3, 0.4) is 0 Å². The summed E-state index contributed by atoms with van der Waals surface area (Å²) in [5.41, 5.74) is 0. The van der Waals surface area contributed by atoms with Crippen LogP contribution in [-0.4, -0.2) is 25.7 Å². The molecule has 0 amide bonds. The maximum atomic E-state index is 9.14. The van der Waals surface area contributed by atoms with Gasteiger partial charge in [0.25, 0.3) is 0 Å². The first-order valence-corrected chi connectivity index (χ1v) is 11.4. The molecule has 0 saturated carbocycles. The van der Waals surface area contributed by atoms with E-state index in [0.29, 0.717) is 0 Å². The van der Waals surface area contributed by atoms with E-state index in [9.17, 15) is 0 Å². The minimum absolute atomic E-state index is 0.722. The van der Waals surface area contributed by atoms with Crippen molar-refractivity contribution in [3.8, 4) is 0 Å². The normalized spacial score (nSPS) is 9.05. The first kappa shape index (κ1) is 16.5. The summed E-state index contributed by atoms with van der Waals surface area (Å²) in [5.74, 6) is -1.23. The number of hydrogen-bond donors (Lipinski definition) is 0. The van der Waals surface area contributed by atoms with Crippen LogP contribution in [0.1, 0.15) is 6.92 Å². The fourth-order valence-electron chi connectivity index (χ4n) is 1.85. The van der Waals surface area contributed by atoms with Gasteiger partial charge in [-0.15, -0.1) is 0 Å². The molecule has 2 aromatic carbocycles. The van der Waals surface area contributed by atoms with Crippen LogP contribution in [-0.2, 0) is 4.79 Å². The summed E-state index contributed by atoms with van der Waals surface area (Å²) in [6, 6.07) is 22.0. The van der Waals surface area contributed by atoms with E-state index in [1.165, 1.54) is 4.44 Å². The van der Waals surface area contributed by atoms with Crippen molar-refractivity contribution in [2.75, 3.05) is 0 Å². The number of benzene rings is 2. The van der Waals surface area contributed by atoms with Gasteiger partial charge in [0.05, 0.1) is 5.97 Å². The molecule has 0 saturated heterocycles. The molecule has 2 nitrogen and oxygen atoms in total. The van der Waals surface area contributed by atoms with Gasteiger partial charge >= 0.3 is 98.9 Å². The summed E-state index contributed by atoms with van der Waals surface area (Å²) < 4.78 is 4.55. The Morgan fingerprint density at radius 1 is 1.05 bits per heavy atom. The van der Waals surface area contributed by atoms with E-state index in [2.05, 4.69) is 74.2 Å². The summed E-state index contributed by atoms with van der Waals surface area (Å²) in [7, 11) is 0. The first-order valence-electron chi connectivity index (χ1n) is 6.49. The van der Waals surface area contributed by atoms with Gasteiger partial charge in [0, 0.05) is 0 Å². The molecule has 0 unspecified atom stereocenters. The zero-order valence-electron chi connectivity index (χ0n) is 11.6. The van der Waals surface area contributed by atoms with Crippen molar-refractivity contribution in [2.45, 2.75) is 11.4 Å². The van der Waals surface area contributed by atoms with Crippen molar-refractivity contribution in [2.24, 2.45) is 0 Å². The maximum absolute atomic E-state index is 9.14. The quantitative estimate of drug-likeness (QED) is 0.598. The van der Waals surface area contributed by atoms with Crippen LogP contribution in [0.15, 0.2) is 73.3 Å². The number of carbonyl (C=O) groups is 1. The Balaban J connectivity index is 0.000000347. The van der Waals surface area contributed by atoms with Gasteiger partial charge < -0.3 is 9.90 Å². The Morgan fingerprint density at radius 3 is 1.65 bits per heavy atom. The van der Waals surface area contributed by atoms with Crippen molar-refractivity contribution in [1.29, 1.82) is 0 Å². The molecule has 102 valence electrons. The number of carbonyl (C=O) groups excluding carboxylic acids is 1. The number of hydrogen-bond acceptors (Lipinski definition) is 2. The third kappa shape index (κ3) is 5.61. The van der Waals surface area contributed by atoms with E-state index in [-0.39, 0.29) is 0 Å². The van der Waals surface area contributed by atoms with Crippen molar-refractivity contribution in [3.05, 3.63) is 73.3 Å².